The Hall–Kier alpha value is -0.940. The minimum Gasteiger partial charge on any atom is -0.314 e. The lowest BCUT2D eigenvalue weighted by molar-refractivity contribution is 0.0991. The Morgan fingerprint density at radius 1 is 0.833 bits per heavy atom. The van der Waals surface area contributed by atoms with Crippen LogP contribution in [0.25, 0.3) is 0 Å². The lowest BCUT2D eigenvalue weighted by atomic mass is 10.0. The first kappa shape index (κ1) is 16.5. The molecule has 1 aromatic carbocycles. The van der Waals surface area contributed by atoms with E-state index in [1.165, 1.54) is 77.2 Å². The van der Waals surface area contributed by atoms with Crippen LogP contribution in [0.15, 0.2) is 30.3 Å². The molecular formula is C20H32N4. The van der Waals surface area contributed by atoms with Gasteiger partial charge in [0.05, 0.1) is 0 Å². The number of hydrogen-bond donors (Lipinski definition) is 1. The molecule has 24 heavy (non-hydrogen) atoms. The molecule has 3 aliphatic heterocycles. The second-order valence-electron chi connectivity index (χ2n) is 7.74. The first-order chi connectivity index (χ1) is 11.9. The van der Waals surface area contributed by atoms with Crippen LogP contribution in [0.1, 0.15) is 24.8 Å². The van der Waals surface area contributed by atoms with Gasteiger partial charge in [-0.3, -0.25) is 14.7 Å². The van der Waals surface area contributed by atoms with Gasteiger partial charge in [-0.15, -0.1) is 0 Å². The molecule has 0 radical (unpaired) electrons. The first-order valence-corrected chi connectivity index (χ1v) is 9.83. The van der Waals surface area contributed by atoms with Gasteiger partial charge in [0.1, 0.15) is 0 Å². The van der Waals surface area contributed by atoms with Gasteiger partial charge in [-0.25, -0.2) is 0 Å². The van der Waals surface area contributed by atoms with Crippen molar-refractivity contribution >= 4 is 0 Å². The molecular weight excluding hydrogens is 296 g/mol. The van der Waals surface area contributed by atoms with E-state index in [1.54, 1.807) is 0 Å². The van der Waals surface area contributed by atoms with E-state index in [2.05, 4.69) is 50.3 Å². The lowest BCUT2D eigenvalue weighted by Crippen LogP contribution is -2.51. The standard InChI is InChI=1S/C20H32N4/c1-2-5-18(6-3-1)15-22-11-4-7-19(16-22)24-12-8-20(17-24)23-13-9-21-10-14-23/h1-3,5-6,19-21H,4,7-17H2. The van der Waals surface area contributed by atoms with Crippen molar-refractivity contribution < 1.29 is 0 Å². The molecule has 4 heteroatoms. The van der Waals surface area contributed by atoms with Crippen LogP contribution in [-0.4, -0.2) is 79.1 Å². The number of likely N-dealkylation sites (tertiary alicyclic amines) is 2. The van der Waals surface area contributed by atoms with Crippen LogP contribution in [0.2, 0.25) is 0 Å². The van der Waals surface area contributed by atoms with Crippen LogP contribution in [0.3, 0.4) is 0 Å². The number of rotatable bonds is 4. The molecule has 0 aromatic heterocycles. The Labute approximate surface area is 146 Å². The molecule has 4 nitrogen and oxygen atoms in total. The van der Waals surface area contributed by atoms with Crippen molar-refractivity contribution in [1.82, 2.24) is 20.0 Å². The zero-order valence-electron chi connectivity index (χ0n) is 14.9. The number of nitrogens with one attached hydrogen (secondary N) is 1. The summed E-state index contributed by atoms with van der Waals surface area (Å²) in [6, 6.07) is 12.5. The Morgan fingerprint density at radius 2 is 1.62 bits per heavy atom. The van der Waals surface area contributed by atoms with Crippen molar-refractivity contribution in [3.8, 4) is 0 Å². The van der Waals surface area contributed by atoms with Crippen LogP contribution >= 0.6 is 0 Å². The van der Waals surface area contributed by atoms with Crippen molar-refractivity contribution in [1.29, 1.82) is 0 Å². The summed E-state index contributed by atoms with van der Waals surface area (Å²) in [5, 5.41) is 3.48. The molecule has 1 aromatic rings. The fraction of sp³-hybridized carbons (Fsp3) is 0.700. The van der Waals surface area contributed by atoms with E-state index in [1.807, 2.05) is 0 Å². The highest BCUT2D eigenvalue weighted by Crippen LogP contribution is 2.24. The van der Waals surface area contributed by atoms with E-state index in [-0.39, 0.29) is 0 Å². The van der Waals surface area contributed by atoms with Crippen molar-refractivity contribution in [2.24, 2.45) is 0 Å². The van der Waals surface area contributed by atoms with Crippen LogP contribution < -0.4 is 5.32 Å². The third kappa shape index (κ3) is 3.99. The topological polar surface area (TPSA) is 21.8 Å². The number of benzene rings is 1. The van der Waals surface area contributed by atoms with Crippen molar-refractivity contribution in [3.63, 3.8) is 0 Å². The van der Waals surface area contributed by atoms with E-state index in [4.69, 9.17) is 0 Å². The summed E-state index contributed by atoms with van der Waals surface area (Å²) < 4.78 is 0. The molecule has 2 atom stereocenters. The zero-order valence-corrected chi connectivity index (χ0v) is 14.9. The molecule has 1 N–H and O–H groups in total. The van der Waals surface area contributed by atoms with Gasteiger partial charge in [0.2, 0.25) is 0 Å². The van der Waals surface area contributed by atoms with Crippen LogP contribution in [0, 0.1) is 0 Å². The third-order valence-electron chi connectivity index (χ3n) is 6.11. The van der Waals surface area contributed by atoms with Gasteiger partial charge >= 0.3 is 0 Å². The van der Waals surface area contributed by atoms with Crippen LogP contribution in [0.4, 0.5) is 0 Å². The maximum atomic E-state index is 3.48. The molecule has 3 heterocycles. The SMILES string of the molecule is c1ccc(CN2CCCC(N3CCC(N4CCNCC4)C3)C2)cc1. The molecule has 3 aliphatic rings. The van der Waals surface area contributed by atoms with Gasteiger partial charge in [0, 0.05) is 64.4 Å². The first-order valence-electron chi connectivity index (χ1n) is 9.83. The largest absolute Gasteiger partial charge is 0.314 e. The van der Waals surface area contributed by atoms with Gasteiger partial charge < -0.3 is 5.32 Å². The highest BCUT2D eigenvalue weighted by atomic mass is 15.3. The summed E-state index contributed by atoms with van der Waals surface area (Å²) in [6.45, 7) is 11.1. The monoisotopic (exact) mass is 328 g/mol. The highest BCUT2D eigenvalue weighted by Gasteiger charge is 2.33. The Balaban J connectivity index is 1.30. The maximum Gasteiger partial charge on any atom is 0.0236 e. The van der Waals surface area contributed by atoms with Crippen LogP contribution in [0.5, 0.6) is 0 Å². The molecule has 0 spiro atoms. The lowest BCUT2D eigenvalue weighted by Gasteiger charge is -2.38. The number of piperidine rings is 1. The van der Waals surface area contributed by atoms with Gasteiger partial charge in [-0.1, -0.05) is 30.3 Å². The molecule has 0 aliphatic carbocycles. The summed E-state index contributed by atoms with van der Waals surface area (Å²) >= 11 is 0. The molecule has 132 valence electrons. The fourth-order valence-corrected chi connectivity index (χ4v) is 4.76. The molecule has 0 amide bonds. The van der Waals surface area contributed by atoms with E-state index < -0.39 is 0 Å². The smallest absolute Gasteiger partial charge is 0.0236 e. The molecule has 3 saturated heterocycles. The normalized spacial score (nSPS) is 30.7. The van der Waals surface area contributed by atoms with E-state index in [0.717, 1.165) is 18.6 Å². The van der Waals surface area contributed by atoms with Crippen LogP contribution in [-0.2, 0) is 6.54 Å². The summed E-state index contributed by atoms with van der Waals surface area (Å²) in [6.07, 6.45) is 4.11. The minimum absolute atomic E-state index is 0.773. The summed E-state index contributed by atoms with van der Waals surface area (Å²) in [5.74, 6) is 0. The van der Waals surface area contributed by atoms with E-state index in [9.17, 15) is 0 Å². The highest BCUT2D eigenvalue weighted by molar-refractivity contribution is 5.14. The van der Waals surface area contributed by atoms with E-state index in [0.29, 0.717) is 0 Å². The number of nitrogens with zero attached hydrogens (tertiary/aromatic N) is 3. The van der Waals surface area contributed by atoms with E-state index >= 15 is 0 Å². The fourth-order valence-electron chi connectivity index (χ4n) is 4.76. The summed E-state index contributed by atoms with van der Waals surface area (Å²) in [5.41, 5.74) is 1.46. The maximum absolute atomic E-state index is 3.48. The Kier molecular flexibility index (Phi) is 5.48. The number of hydrogen-bond acceptors (Lipinski definition) is 4. The summed E-state index contributed by atoms with van der Waals surface area (Å²) in [7, 11) is 0. The van der Waals surface area contributed by atoms with Crippen molar-refractivity contribution in [2.45, 2.75) is 37.9 Å². The van der Waals surface area contributed by atoms with Gasteiger partial charge in [0.25, 0.3) is 0 Å². The second-order valence-corrected chi connectivity index (χ2v) is 7.74. The molecule has 2 unspecified atom stereocenters. The van der Waals surface area contributed by atoms with Gasteiger partial charge in [0.15, 0.2) is 0 Å². The molecule has 4 rings (SSSR count). The average molecular weight is 329 g/mol. The zero-order chi connectivity index (χ0) is 16.2. The van der Waals surface area contributed by atoms with Crippen molar-refractivity contribution in [2.75, 3.05) is 52.4 Å². The summed E-state index contributed by atoms with van der Waals surface area (Å²) in [4.78, 5) is 8.19. The molecule has 0 saturated carbocycles. The average Bonchev–Trinajstić information content (AvgIpc) is 3.14. The predicted octanol–water partition coefficient (Wildman–Crippen LogP) is 1.63. The molecule has 0 bridgehead atoms. The van der Waals surface area contributed by atoms with Gasteiger partial charge in [-0.2, -0.15) is 0 Å². The molecule has 3 fully saturated rings. The Bertz CT molecular complexity index is 500. The number of piperazine rings is 1. The van der Waals surface area contributed by atoms with Crippen molar-refractivity contribution in [3.05, 3.63) is 35.9 Å². The Morgan fingerprint density at radius 3 is 2.46 bits per heavy atom. The third-order valence-corrected chi connectivity index (χ3v) is 6.11. The second kappa shape index (κ2) is 7.96. The predicted molar refractivity (Wildman–Crippen MR) is 99.2 cm³/mol. The minimum atomic E-state index is 0.773. The van der Waals surface area contributed by atoms with Gasteiger partial charge in [-0.05, 0) is 31.4 Å². The quantitative estimate of drug-likeness (QED) is 0.907.